The van der Waals surface area contributed by atoms with Crippen LogP contribution in [0.15, 0.2) is 49.2 Å². The van der Waals surface area contributed by atoms with E-state index in [2.05, 4.69) is 47.6 Å². The molecule has 4 rings (SSSR count). The SMILES string of the molecule is C=C1c2cc(N3CCCC(=O)N(c4ccc(C#CC)c(C)c4)C3=S)ccc2C=CN1C. The Hall–Kier alpha value is -3.36. The maximum absolute atomic E-state index is 13.0. The topological polar surface area (TPSA) is 26.8 Å². The minimum absolute atomic E-state index is 0.0197. The Bertz CT molecular complexity index is 1180. The van der Waals surface area contributed by atoms with Crippen molar-refractivity contribution in [3.63, 3.8) is 0 Å². The molecule has 4 nitrogen and oxygen atoms in total. The summed E-state index contributed by atoms with van der Waals surface area (Å²) in [5.41, 5.74) is 6.88. The molecule has 1 saturated heterocycles. The summed E-state index contributed by atoms with van der Waals surface area (Å²) in [5, 5.41) is 0.501. The molecule has 2 aliphatic heterocycles. The van der Waals surface area contributed by atoms with Gasteiger partial charge in [-0.25, -0.2) is 0 Å². The fraction of sp³-hybridized carbons (Fsp3) is 0.231. The van der Waals surface area contributed by atoms with Gasteiger partial charge < -0.3 is 9.80 Å². The van der Waals surface area contributed by atoms with Gasteiger partial charge >= 0.3 is 0 Å². The number of amides is 1. The lowest BCUT2D eigenvalue weighted by molar-refractivity contribution is -0.117. The summed E-state index contributed by atoms with van der Waals surface area (Å²) in [6, 6.07) is 12.1. The molecule has 0 radical (unpaired) electrons. The molecular weight excluding hydrogens is 402 g/mol. The third-order valence-corrected chi connectivity index (χ3v) is 6.14. The maximum Gasteiger partial charge on any atom is 0.233 e. The molecular formula is C26H25N3OS. The second-order valence-corrected chi connectivity index (χ2v) is 8.15. The quantitative estimate of drug-likeness (QED) is 0.488. The van der Waals surface area contributed by atoms with Gasteiger partial charge in [0.25, 0.3) is 0 Å². The Morgan fingerprint density at radius 2 is 1.90 bits per heavy atom. The highest BCUT2D eigenvalue weighted by Gasteiger charge is 2.29. The van der Waals surface area contributed by atoms with Crippen molar-refractivity contribution in [2.24, 2.45) is 0 Å². The summed E-state index contributed by atoms with van der Waals surface area (Å²) in [6.45, 7) is 8.73. The minimum Gasteiger partial charge on any atom is -0.351 e. The van der Waals surface area contributed by atoms with Crippen LogP contribution in [0.1, 0.15) is 42.0 Å². The number of aryl methyl sites for hydroxylation is 1. The maximum atomic E-state index is 13.0. The first kappa shape index (κ1) is 20.9. The predicted molar refractivity (Wildman–Crippen MR) is 133 cm³/mol. The molecule has 5 heteroatoms. The Morgan fingerprint density at radius 1 is 1.13 bits per heavy atom. The lowest BCUT2D eigenvalue weighted by atomic mass is 10.0. The number of benzene rings is 2. The van der Waals surface area contributed by atoms with Gasteiger partial charge in [0.2, 0.25) is 5.91 Å². The van der Waals surface area contributed by atoms with Crippen LogP contribution in [-0.2, 0) is 4.79 Å². The van der Waals surface area contributed by atoms with Crippen molar-refractivity contribution >= 4 is 46.4 Å². The summed E-state index contributed by atoms with van der Waals surface area (Å²) in [5.74, 6) is 6.05. The molecule has 0 spiro atoms. The van der Waals surface area contributed by atoms with E-state index in [0.717, 1.165) is 45.7 Å². The number of fused-ring (bicyclic) bond motifs is 1. The fourth-order valence-electron chi connectivity index (χ4n) is 3.96. The number of carbonyl (C=O) groups is 1. The monoisotopic (exact) mass is 427 g/mol. The number of nitrogens with zero attached hydrogens (tertiary/aromatic N) is 3. The first-order valence-corrected chi connectivity index (χ1v) is 10.7. The Labute approximate surface area is 189 Å². The van der Waals surface area contributed by atoms with Gasteiger partial charge in [-0.15, -0.1) is 5.92 Å². The molecule has 0 N–H and O–H groups in total. The summed E-state index contributed by atoms with van der Waals surface area (Å²) in [4.78, 5) is 18.7. The van der Waals surface area contributed by atoms with Crippen molar-refractivity contribution in [1.29, 1.82) is 0 Å². The van der Waals surface area contributed by atoms with Crippen molar-refractivity contribution in [3.8, 4) is 11.8 Å². The van der Waals surface area contributed by atoms with E-state index < -0.39 is 0 Å². The second-order valence-electron chi connectivity index (χ2n) is 7.79. The van der Waals surface area contributed by atoms with E-state index in [-0.39, 0.29) is 5.91 Å². The molecule has 2 aromatic carbocycles. The van der Waals surface area contributed by atoms with Gasteiger partial charge in [-0.05, 0) is 80.0 Å². The third-order valence-electron chi connectivity index (χ3n) is 5.73. The Kier molecular flexibility index (Phi) is 5.67. The summed E-state index contributed by atoms with van der Waals surface area (Å²) >= 11 is 5.87. The lowest BCUT2D eigenvalue weighted by Gasteiger charge is -2.31. The number of thiocarbonyl (C=S) groups is 1. The molecule has 31 heavy (non-hydrogen) atoms. The van der Waals surface area contributed by atoms with E-state index >= 15 is 0 Å². The Morgan fingerprint density at radius 3 is 2.65 bits per heavy atom. The van der Waals surface area contributed by atoms with E-state index in [1.54, 1.807) is 4.90 Å². The molecule has 2 heterocycles. The number of hydrogen-bond acceptors (Lipinski definition) is 3. The smallest absolute Gasteiger partial charge is 0.233 e. The highest BCUT2D eigenvalue weighted by molar-refractivity contribution is 7.81. The summed E-state index contributed by atoms with van der Waals surface area (Å²) in [6.07, 6.45) is 5.28. The van der Waals surface area contributed by atoms with Crippen LogP contribution in [0.4, 0.5) is 11.4 Å². The van der Waals surface area contributed by atoms with Crippen molar-refractivity contribution < 1.29 is 4.79 Å². The average molecular weight is 428 g/mol. The Balaban J connectivity index is 1.72. The van der Waals surface area contributed by atoms with Crippen molar-refractivity contribution in [3.05, 3.63) is 71.4 Å². The molecule has 2 aromatic rings. The van der Waals surface area contributed by atoms with E-state index in [1.807, 2.05) is 50.2 Å². The van der Waals surface area contributed by atoms with Crippen LogP contribution in [0.25, 0.3) is 11.8 Å². The van der Waals surface area contributed by atoms with Gasteiger partial charge in [0.05, 0.1) is 5.69 Å². The average Bonchev–Trinajstić information content (AvgIpc) is 2.90. The molecule has 1 amide bonds. The van der Waals surface area contributed by atoms with Crippen molar-refractivity contribution in [2.45, 2.75) is 26.7 Å². The molecule has 1 fully saturated rings. The third kappa shape index (κ3) is 3.87. The number of hydrogen-bond donors (Lipinski definition) is 0. The van der Waals surface area contributed by atoms with Crippen LogP contribution in [0.2, 0.25) is 0 Å². The normalized spacial score (nSPS) is 16.1. The highest BCUT2D eigenvalue weighted by atomic mass is 32.1. The van der Waals surface area contributed by atoms with Crippen LogP contribution in [-0.4, -0.2) is 29.5 Å². The fourth-order valence-corrected chi connectivity index (χ4v) is 4.36. The molecule has 0 unspecified atom stereocenters. The number of anilines is 2. The van der Waals surface area contributed by atoms with E-state index in [0.29, 0.717) is 18.1 Å². The first-order chi connectivity index (χ1) is 14.9. The van der Waals surface area contributed by atoms with Gasteiger partial charge in [0.15, 0.2) is 5.11 Å². The second kappa shape index (κ2) is 8.41. The van der Waals surface area contributed by atoms with Crippen LogP contribution in [0, 0.1) is 18.8 Å². The largest absolute Gasteiger partial charge is 0.351 e. The highest BCUT2D eigenvalue weighted by Crippen LogP contribution is 2.33. The molecule has 0 saturated carbocycles. The van der Waals surface area contributed by atoms with E-state index in [4.69, 9.17) is 12.2 Å². The van der Waals surface area contributed by atoms with E-state index in [1.165, 1.54) is 0 Å². The van der Waals surface area contributed by atoms with Crippen LogP contribution < -0.4 is 9.80 Å². The van der Waals surface area contributed by atoms with Gasteiger partial charge in [0.1, 0.15) is 0 Å². The lowest BCUT2D eigenvalue weighted by Crippen LogP contribution is -2.44. The van der Waals surface area contributed by atoms with Gasteiger partial charge in [-0.1, -0.05) is 18.6 Å². The van der Waals surface area contributed by atoms with E-state index in [9.17, 15) is 4.79 Å². The van der Waals surface area contributed by atoms with Crippen LogP contribution >= 0.6 is 12.2 Å². The number of carbonyl (C=O) groups excluding carboxylic acids is 1. The van der Waals surface area contributed by atoms with Gasteiger partial charge in [-0.3, -0.25) is 9.69 Å². The molecule has 156 valence electrons. The van der Waals surface area contributed by atoms with Gasteiger partial charge in [0, 0.05) is 48.7 Å². The molecule has 0 aromatic heterocycles. The minimum atomic E-state index is 0.0197. The zero-order chi connectivity index (χ0) is 22.1. The summed E-state index contributed by atoms with van der Waals surface area (Å²) in [7, 11) is 1.99. The number of rotatable bonds is 2. The van der Waals surface area contributed by atoms with Crippen molar-refractivity contribution in [2.75, 3.05) is 23.4 Å². The van der Waals surface area contributed by atoms with Crippen LogP contribution in [0.3, 0.4) is 0 Å². The zero-order valence-corrected chi connectivity index (χ0v) is 18.9. The molecule has 2 aliphatic rings. The molecule has 0 atom stereocenters. The first-order valence-electron chi connectivity index (χ1n) is 10.3. The zero-order valence-electron chi connectivity index (χ0n) is 18.1. The van der Waals surface area contributed by atoms with Gasteiger partial charge in [-0.2, -0.15) is 0 Å². The van der Waals surface area contributed by atoms with Crippen LogP contribution in [0.5, 0.6) is 0 Å². The standard InChI is InChI=1S/C26H25N3OS/c1-5-7-20-9-12-23(16-18(20)2)29-25(30)8-6-14-28(26(29)31)22-11-10-21-13-15-27(4)19(3)24(21)17-22/h9-13,15-17H,3,6,8,14H2,1-2,4H3. The van der Waals surface area contributed by atoms with Crippen molar-refractivity contribution in [1.82, 2.24) is 4.90 Å². The molecule has 0 bridgehead atoms. The predicted octanol–water partition coefficient (Wildman–Crippen LogP) is 5.17. The summed E-state index contributed by atoms with van der Waals surface area (Å²) < 4.78 is 0. The molecule has 0 aliphatic carbocycles.